The number of nitrogens with one attached hydrogen (secondary N) is 1. The first kappa shape index (κ1) is 17.9. The van der Waals surface area contributed by atoms with Crippen LogP contribution >= 0.6 is 0 Å². The van der Waals surface area contributed by atoms with Crippen LogP contribution in [0.1, 0.15) is 18.5 Å². The van der Waals surface area contributed by atoms with Gasteiger partial charge in [-0.3, -0.25) is 4.57 Å². The van der Waals surface area contributed by atoms with Crippen LogP contribution in [-0.2, 0) is 0 Å². The molecule has 2 aromatic carbocycles. The average Bonchev–Trinajstić information content (AvgIpc) is 3.24. The number of benzene rings is 2. The maximum atomic E-state index is 4.69. The Labute approximate surface area is 173 Å². The lowest BCUT2D eigenvalue weighted by Crippen LogP contribution is -2.10. The Hall–Kier alpha value is -4.13. The van der Waals surface area contributed by atoms with Gasteiger partial charge in [0, 0.05) is 24.2 Å². The van der Waals surface area contributed by atoms with Crippen molar-refractivity contribution in [2.75, 3.05) is 5.32 Å². The Morgan fingerprint density at radius 3 is 2.57 bits per heavy atom. The van der Waals surface area contributed by atoms with Gasteiger partial charge in [-0.15, -0.1) is 0 Å². The third-order valence-electron chi connectivity index (χ3n) is 4.97. The van der Waals surface area contributed by atoms with Gasteiger partial charge in [0.05, 0.1) is 17.1 Å². The van der Waals surface area contributed by atoms with Crippen molar-refractivity contribution < 1.29 is 0 Å². The molecule has 0 amide bonds. The largest absolute Gasteiger partial charge is 0.348 e. The summed E-state index contributed by atoms with van der Waals surface area (Å²) in [6.07, 6.45) is 8.64. The SMILES string of the molecule is CC(Nc1nccc(-n2cnc3cc(-c4cncnc4)ccc32)n1)c1ccccc1. The van der Waals surface area contributed by atoms with Crippen LogP contribution in [0.5, 0.6) is 0 Å². The summed E-state index contributed by atoms with van der Waals surface area (Å²) in [5.74, 6) is 1.33. The van der Waals surface area contributed by atoms with Gasteiger partial charge in [0.2, 0.25) is 5.95 Å². The molecule has 1 atom stereocenters. The molecular formula is C23H19N7. The monoisotopic (exact) mass is 393 g/mol. The summed E-state index contributed by atoms with van der Waals surface area (Å²) in [6.45, 7) is 2.09. The van der Waals surface area contributed by atoms with Gasteiger partial charge >= 0.3 is 0 Å². The molecule has 0 fully saturated rings. The normalized spacial score (nSPS) is 12.0. The Kier molecular flexibility index (Phi) is 4.61. The summed E-state index contributed by atoms with van der Waals surface area (Å²) in [5.41, 5.74) is 5.00. The number of fused-ring (bicyclic) bond motifs is 1. The van der Waals surface area contributed by atoms with Crippen molar-refractivity contribution in [2.24, 2.45) is 0 Å². The highest BCUT2D eigenvalue weighted by Crippen LogP contribution is 2.24. The summed E-state index contributed by atoms with van der Waals surface area (Å²) < 4.78 is 1.96. The molecule has 7 nitrogen and oxygen atoms in total. The predicted molar refractivity (Wildman–Crippen MR) is 116 cm³/mol. The minimum atomic E-state index is 0.0941. The van der Waals surface area contributed by atoms with Crippen LogP contribution in [0.3, 0.4) is 0 Å². The fraction of sp³-hybridized carbons (Fsp3) is 0.0870. The highest BCUT2D eigenvalue weighted by atomic mass is 15.2. The number of aromatic nitrogens is 6. The Bertz CT molecular complexity index is 1280. The van der Waals surface area contributed by atoms with Crippen molar-refractivity contribution in [1.82, 2.24) is 29.5 Å². The molecule has 7 heteroatoms. The van der Waals surface area contributed by atoms with Crippen LogP contribution in [0.15, 0.2) is 85.8 Å². The summed E-state index contributed by atoms with van der Waals surface area (Å²) in [5, 5.41) is 3.37. The lowest BCUT2D eigenvalue weighted by Gasteiger charge is -2.14. The number of rotatable bonds is 5. The van der Waals surface area contributed by atoms with Gasteiger partial charge in [-0.05, 0) is 36.2 Å². The summed E-state index contributed by atoms with van der Waals surface area (Å²) in [6, 6.07) is 18.3. The molecule has 0 bridgehead atoms. The van der Waals surface area contributed by atoms with Crippen molar-refractivity contribution in [2.45, 2.75) is 13.0 Å². The van der Waals surface area contributed by atoms with E-state index >= 15 is 0 Å². The van der Waals surface area contributed by atoms with Gasteiger partial charge in [0.1, 0.15) is 18.5 Å². The molecule has 1 unspecified atom stereocenters. The molecule has 0 saturated carbocycles. The van der Waals surface area contributed by atoms with Gasteiger partial charge < -0.3 is 5.32 Å². The van der Waals surface area contributed by atoms with Crippen molar-refractivity contribution in [3.63, 3.8) is 0 Å². The zero-order valence-corrected chi connectivity index (χ0v) is 16.3. The first-order valence-corrected chi connectivity index (χ1v) is 9.65. The maximum absolute atomic E-state index is 4.69. The number of hydrogen-bond acceptors (Lipinski definition) is 6. The van der Waals surface area contributed by atoms with Gasteiger partial charge in [-0.1, -0.05) is 36.4 Å². The standard InChI is InChI=1S/C23H19N7/c1-16(17-5-3-2-4-6-17)28-23-26-10-9-22(29-23)30-15-27-20-11-18(7-8-21(20)30)19-12-24-14-25-13-19/h2-16H,1H3,(H,26,28,29). The number of nitrogens with zero attached hydrogens (tertiary/aromatic N) is 6. The van der Waals surface area contributed by atoms with Crippen LogP contribution < -0.4 is 5.32 Å². The third-order valence-corrected chi connectivity index (χ3v) is 4.97. The number of imidazole rings is 1. The van der Waals surface area contributed by atoms with E-state index in [0.29, 0.717) is 5.95 Å². The van der Waals surface area contributed by atoms with Crippen LogP contribution in [0.25, 0.3) is 28.0 Å². The second kappa shape index (κ2) is 7.71. The molecule has 3 aromatic heterocycles. The molecule has 0 aliphatic heterocycles. The quantitative estimate of drug-likeness (QED) is 0.475. The molecular weight excluding hydrogens is 374 g/mol. The van der Waals surface area contributed by atoms with Crippen molar-refractivity contribution in [3.05, 3.63) is 91.4 Å². The summed E-state index contributed by atoms with van der Waals surface area (Å²) in [7, 11) is 0. The highest BCUT2D eigenvalue weighted by molar-refractivity contribution is 5.83. The molecule has 30 heavy (non-hydrogen) atoms. The lowest BCUT2D eigenvalue weighted by atomic mass is 10.1. The molecule has 5 rings (SSSR count). The van der Waals surface area contributed by atoms with Crippen LogP contribution in [0, 0.1) is 0 Å². The van der Waals surface area contributed by atoms with Crippen molar-refractivity contribution in [3.8, 4) is 16.9 Å². The summed E-state index contributed by atoms with van der Waals surface area (Å²) in [4.78, 5) is 21.8. The maximum Gasteiger partial charge on any atom is 0.225 e. The molecule has 146 valence electrons. The molecule has 0 radical (unpaired) electrons. The first-order chi connectivity index (χ1) is 14.8. The van der Waals surface area contributed by atoms with E-state index in [9.17, 15) is 0 Å². The van der Waals surface area contributed by atoms with Gasteiger partial charge in [-0.25, -0.2) is 19.9 Å². The average molecular weight is 393 g/mol. The van der Waals surface area contributed by atoms with Crippen LogP contribution in [-0.4, -0.2) is 29.5 Å². The fourth-order valence-corrected chi connectivity index (χ4v) is 3.39. The smallest absolute Gasteiger partial charge is 0.225 e. The minimum absolute atomic E-state index is 0.0941. The minimum Gasteiger partial charge on any atom is -0.348 e. The van der Waals surface area contributed by atoms with Crippen molar-refractivity contribution in [1.29, 1.82) is 0 Å². The van der Waals surface area contributed by atoms with E-state index < -0.39 is 0 Å². The topological polar surface area (TPSA) is 81.4 Å². The molecule has 0 aliphatic carbocycles. The molecule has 0 spiro atoms. The highest BCUT2D eigenvalue weighted by Gasteiger charge is 2.11. The molecule has 1 N–H and O–H groups in total. The van der Waals surface area contributed by atoms with Crippen molar-refractivity contribution >= 4 is 17.0 Å². The van der Waals surface area contributed by atoms with Gasteiger partial charge in [0.15, 0.2) is 0 Å². The van der Waals surface area contributed by atoms with E-state index in [1.807, 2.05) is 47.0 Å². The van der Waals surface area contributed by atoms with Crippen LogP contribution in [0.4, 0.5) is 5.95 Å². The molecule has 0 saturated heterocycles. The molecule has 0 aliphatic rings. The Balaban J connectivity index is 1.45. The van der Waals surface area contributed by atoms with Gasteiger partial charge in [0.25, 0.3) is 0 Å². The summed E-state index contributed by atoms with van der Waals surface area (Å²) >= 11 is 0. The molecule has 5 aromatic rings. The molecule has 3 heterocycles. The second-order valence-electron chi connectivity index (χ2n) is 6.96. The van der Waals surface area contributed by atoms with E-state index in [1.54, 1.807) is 24.9 Å². The number of hydrogen-bond donors (Lipinski definition) is 1. The Morgan fingerprint density at radius 2 is 1.73 bits per heavy atom. The lowest BCUT2D eigenvalue weighted by molar-refractivity contribution is 0.854. The van der Waals surface area contributed by atoms with E-state index in [2.05, 4.69) is 44.3 Å². The van der Waals surface area contributed by atoms with E-state index in [0.717, 1.165) is 28.0 Å². The zero-order valence-electron chi connectivity index (χ0n) is 16.3. The van der Waals surface area contributed by atoms with E-state index in [1.165, 1.54) is 11.9 Å². The fourth-order valence-electron chi connectivity index (χ4n) is 3.39. The van der Waals surface area contributed by atoms with Crippen LogP contribution in [0.2, 0.25) is 0 Å². The number of anilines is 1. The second-order valence-corrected chi connectivity index (χ2v) is 6.96. The third kappa shape index (κ3) is 3.48. The van der Waals surface area contributed by atoms with E-state index in [4.69, 9.17) is 4.98 Å². The first-order valence-electron chi connectivity index (χ1n) is 9.65. The Morgan fingerprint density at radius 1 is 0.900 bits per heavy atom. The van der Waals surface area contributed by atoms with E-state index in [-0.39, 0.29) is 6.04 Å². The zero-order chi connectivity index (χ0) is 20.3. The predicted octanol–water partition coefficient (Wildman–Crippen LogP) is 4.45. The van der Waals surface area contributed by atoms with Gasteiger partial charge in [-0.2, -0.15) is 4.98 Å².